The van der Waals surface area contributed by atoms with Gasteiger partial charge in [0.1, 0.15) is 0 Å². The first-order valence-electron chi connectivity index (χ1n) is 6.77. The third-order valence-corrected chi connectivity index (χ3v) is 4.44. The number of para-hydroxylation sites is 1. The molecule has 0 aromatic heterocycles. The van der Waals surface area contributed by atoms with Crippen molar-refractivity contribution >= 4 is 5.69 Å². The SMILES string of the molecule is CCN(c1ccccc1)C1(CN)CCCC1C. The van der Waals surface area contributed by atoms with E-state index in [0.29, 0.717) is 5.92 Å². The third-order valence-electron chi connectivity index (χ3n) is 4.44. The lowest BCUT2D eigenvalue weighted by Crippen LogP contribution is -2.56. The third kappa shape index (κ3) is 2.06. The zero-order valence-corrected chi connectivity index (χ0v) is 11.0. The van der Waals surface area contributed by atoms with Crippen molar-refractivity contribution in [2.24, 2.45) is 11.7 Å². The van der Waals surface area contributed by atoms with Crippen molar-refractivity contribution in [2.75, 3.05) is 18.0 Å². The standard InChI is InChI=1S/C15H24N2/c1-3-17(14-9-5-4-6-10-14)15(12-16)11-7-8-13(15)2/h4-6,9-10,13H,3,7-8,11-12,16H2,1-2H3. The molecule has 2 unspecified atom stereocenters. The fraction of sp³-hybridized carbons (Fsp3) is 0.600. The first-order valence-corrected chi connectivity index (χ1v) is 6.77. The van der Waals surface area contributed by atoms with Crippen LogP contribution < -0.4 is 10.6 Å². The molecule has 2 nitrogen and oxygen atoms in total. The van der Waals surface area contributed by atoms with Crippen molar-refractivity contribution < 1.29 is 0 Å². The van der Waals surface area contributed by atoms with Gasteiger partial charge in [-0.15, -0.1) is 0 Å². The van der Waals surface area contributed by atoms with Gasteiger partial charge in [0.2, 0.25) is 0 Å². The van der Waals surface area contributed by atoms with Crippen molar-refractivity contribution in [3.8, 4) is 0 Å². The molecule has 1 aromatic rings. The second-order valence-electron chi connectivity index (χ2n) is 5.18. The van der Waals surface area contributed by atoms with Gasteiger partial charge in [-0.05, 0) is 37.8 Å². The lowest BCUT2D eigenvalue weighted by molar-refractivity contribution is 0.321. The summed E-state index contributed by atoms with van der Waals surface area (Å²) in [5.74, 6) is 0.688. The highest BCUT2D eigenvalue weighted by molar-refractivity contribution is 5.49. The summed E-state index contributed by atoms with van der Waals surface area (Å²) in [6.45, 7) is 6.38. The van der Waals surface area contributed by atoms with Gasteiger partial charge in [0, 0.05) is 18.8 Å². The largest absolute Gasteiger partial charge is 0.365 e. The van der Waals surface area contributed by atoms with E-state index >= 15 is 0 Å². The van der Waals surface area contributed by atoms with E-state index in [1.807, 2.05) is 0 Å². The van der Waals surface area contributed by atoms with Gasteiger partial charge in [0.25, 0.3) is 0 Å². The number of anilines is 1. The summed E-state index contributed by atoms with van der Waals surface area (Å²) in [5, 5.41) is 0. The second kappa shape index (κ2) is 5.09. The Bertz CT molecular complexity index is 349. The van der Waals surface area contributed by atoms with Crippen LogP contribution in [0.5, 0.6) is 0 Å². The van der Waals surface area contributed by atoms with E-state index in [-0.39, 0.29) is 5.54 Å². The molecular weight excluding hydrogens is 208 g/mol. The molecule has 2 heteroatoms. The lowest BCUT2D eigenvalue weighted by atomic mass is 9.85. The van der Waals surface area contributed by atoms with Crippen LogP contribution >= 0.6 is 0 Å². The minimum absolute atomic E-state index is 0.177. The Morgan fingerprint density at radius 2 is 2.06 bits per heavy atom. The van der Waals surface area contributed by atoms with Crippen LogP contribution in [0, 0.1) is 5.92 Å². The number of hydrogen-bond donors (Lipinski definition) is 1. The predicted octanol–water partition coefficient (Wildman–Crippen LogP) is 3.03. The van der Waals surface area contributed by atoms with Crippen molar-refractivity contribution in [2.45, 2.75) is 38.6 Å². The predicted molar refractivity (Wildman–Crippen MR) is 74.3 cm³/mol. The van der Waals surface area contributed by atoms with E-state index in [0.717, 1.165) is 13.1 Å². The topological polar surface area (TPSA) is 29.3 Å². The van der Waals surface area contributed by atoms with Gasteiger partial charge in [0.05, 0.1) is 5.54 Å². The van der Waals surface area contributed by atoms with E-state index < -0.39 is 0 Å². The number of benzene rings is 1. The molecule has 1 fully saturated rings. The minimum Gasteiger partial charge on any atom is -0.365 e. The van der Waals surface area contributed by atoms with Crippen molar-refractivity contribution in [1.82, 2.24) is 0 Å². The van der Waals surface area contributed by atoms with Crippen LogP contribution in [0.1, 0.15) is 33.1 Å². The number of hydrogen-bond acceptors (Lipinski definition) is 2. The van der Waals surface area contributed by atoms with Crippen LogP contribution in [0.2, 0.25) is 0 Å². The maximum absolute atomic E-state index is 6.13. The van der Waals surface area contributed by atoms with Crippen molar-refractivity contribution in [3.63, 3.8) is 0 Å². The molecule has 1 saturated carbocycles. The second-order valence-corrected chi connectivity index (χ2v) is 5.18. The zero-order valence-electron chi connectivity index (χ0n) is 11.0. The van der Waals surface area contributed by atoms with Gasteiger partial charge in [-0.1, -0.05) is 31.5 Å². The Morgan fingerprint density at radius 3 is 2.53 bits per heavy atom. The summed E-state index contributed by atoms with van der Waals surface area (Å²) >= 11 is 0. The first-order chi connectivity index (χ1) is 8.24. The number of rotatable bonds is 4. The molecule has 1 aliphatic carbocycles. The molecule has 1 aromatic carbocycles. The highest BCUT2D eigenvalue weighted by atomic mass is 15.2. The van der Waals surface area contributed by atoms with Gasteiger partial charge in [-0.25, -0.2) is 0 Å². The molecule has 1 aliphatic rings. The van der Waals surface area contributed by atoms with Gasteiger partial charge >= 0.3 is 0 Å². The molecule has 2 N–H and O–H groups in total. The average molecular weight is 232 g/mol. The summed E-state index contributed by atoms with van der Waals surface area (Å²) < 4.78 is 0. The fourth-order valence-electron chi connectivity index (χ4n) is 3.41. The molecule has 0 bridgehead atoms. The lowest BCUT2D eigenvalue weighted by Gasteiger charge is -2.45. The van der Waals surface area contributed by atoms with Crippen LogP contribution in [-0.2, 0) is 0 Å². The Morgan fingerprint density at radius 1 is 1.35 bits per heavy atom. The molecule has 0 saturated heterocycles. The zero-order chi connectivity index (χ0) is 12.3. The minimum atomic E-state index is 0.177. The van der Waals surface area contributed by atoms with Crippen LogP contribution in [0.4, 0.5) is 5.69 Å². The summed E-state index contributed by atoms with van der Waals surface area (Å²) in [6.07, 6.45) is 3.84. The Hall–Kier alpha value is -1.02. The Labute approximate surface area is 105 Å². The van der Waals surface area contributed by atoms with Crippen molar-refractivity contribution in [1.29, 1.82) is 0 Å². The number of likely N-dealkylation sites (N-methyl/N-ethyl adjacent to an activating group) is 1. The van der Waals surface area contributed by atoms with Gasteiger partial charge in [-0.2, -0.15) is 0 Å². The molecule has 2 atom stereocenters. The number of nitrogens with zero attached hydrogens (tertiary/aromatic N) is 1. The van der Waals surface area contributed by atoms with E-state index in [2.05, 4.69) is 49.1 Å². The molecule has 0 aliphatic heterocycles. The maximum Gasteiger partial charge on any atom is 0.0549 e. The monoisotopic (exact) mass is 232 g/mol. The van der Waals surface area contributed by atoms with Gasteiger partial charge < -0.3 is 10.6 Å². The van der Waals surface area contributed by atoms with E-state index in [9.17, 15) is 0 Å². The highest BCUT2D eigenvalue weighted by Crippen LogP contribution is 2.41. The highest BCUT2D eigenvalue weighted by Gasteiger charge is 2.43. The Balaban J connectivity index is 2.34. The molecule has 0 amide bonds. The van der Waals surface area contributed by atoms with E-state index in [1.165, 1.54) is 24.9 Å². The molecule has 17 heavy (non-hydrogen) atoms. The van der Waals surface area contributed by atoms with Crippen LogP contribution in [-0.4, -0.2) is 18.6 Å². The van der Waals surface area contributed by atoms with Crippen LogP contribution in [0.3, 0.4) is 0 Å². The summed E-state index contributed by atoms with van der Waals surface area (Å²) in [4.78, 5) is 2.52. The van der Waals surface area contributed by atoms with Gasteiger partial charge in [0.15, 0.2) is 0 Å². The average Bonchev–Trinajstić information content (AvgIpc) is 2.74. The van der Waals surface area contributed by atoms with E-state index in [4.69, 9.17) is 5.73 Å². The summed E-state index contributed by atoms with van der Waals surface area (Å²) in [7, 11) is 0. The quantitative estimate of drug-likeness (QED) is 0.864. The first kappa shape index (κ1) is 12.4. The molecule has 0 heterocycles. The molecule has 0 radical (unpaired) electrons. The maximum atomic E-state index is 6.13. The molecule has 2 rings (SSSR count). The molecule has 94 valence electrons. The van der Waals surface area contributed by atoms with Crippen LogP contribution in [0.15, 0.2) is 30.3 Å². The van der Waals surface area contributed by atoms with Crippen molar-refractivity contribution in [3.05, 3.63) is 30.3 Å². The van der Waals surface area contributed by atoms with E-state index in [1.54, 1.807) is 0 Å². The fourth-order valence-corrected chi connectivity index (χ4v) is 3.41. The van der Waals surface area contributed by atoms with Crippen LogP contribution in [0.25, 0.3) is 0 Å². The van der Waals surface area contributed by atoms with Gasteiger partial charge in [-0.3, -0.25) is 0 Å². The Kier molecular flexibility index (Phi) is 3.72. The summed E-state index contributed by atoms with van der Waals surface area (Å²) in [5.41, 5.74) is 7.62. The number of nitrogens with two attached hydrogens (primary N) is 1. The molecular formula is C15H24N2. The normalized spacial score (nSPS) is 28.3. The summed E-state index contributed by atoms with van der Waals surface area (Å²) in [6, 6.07) is 10.7. The smallest absolute Gasteiger partial charge is 0.0549 e. The molecule has 0 spiro atoms.